The SMILES string of the molecule is CCOC(=O)CN(C=C(C(=O)OCC)C(=O)OCC)Cc1ccccc1. The quantitative estimate of drug-likeness (QED) is 0.207. The zero-order valence-corrected chi connectivity index (χ0v) is 15.4. The molecule has 0 heterocycles. The van der Waals surface area contributed by atoms with Crippen LogP contribution in [-0.2, 0) is 35.1 Å². The first-order valence-corrected chi connectivity index (χ1v) is 8.51. The van der Waals surface area contributed by atoms with Gasteiger partial charge in [0, 0.05) is 12.7 Å². The van der Waals surface area contributed by atoms with Crippen LogP contribution in [-0.4, -0.2) is 49.2 Å². The van der Waals surface area contributed by atoms with Crippen LogP contribution in [0.3, 0.4) is 0 Å². The van der Waals surface area contributed by atoms with Crippen molar-refractivity contribution in [3.8, 4) is 0 Å². The van der Waals surface area contributed by atoms with E-state index >= 15 is 0 Å². The molecule has 0 N–H and O–H groups in total. The Bertz CT molecular complexity index is 606. The van der Waals surface area contributed by atoms with Crippen LogP contribution < -0.4 is 0 Å². The molecule has 26 heavy (non-hydrogen) atoms. The number of rotatable bonds is 10. The molecule has 1 aromatic rings. The third-order valence-corrected chi connectivity index (χ3v) is 3.17. The van der Waals surface area contributed by atoms with Crippen LogP contribution in [0.5, 0.6) is 0 Å². The summed E-state index contributed by atoms with van der Waals surface area (Å²) in [6, 6.07) is 9.34. The highest BCUT2D eigenvalue weighted by Crippen LogP contribution is 2.10. The number of esters is 3. The van der Waals surface area contributed by atoms with E-state index in [1.807, 2.05) is 30.3 Å². The summed E-state index contributed by atoms with van der Waals surface area (Å²) in [5.74, 6) is -2.06. The van der Waals surface area contributed by atoms with E-state index in [9.17, 15) is 14.4 Å². The van der Waals surface area contributed by atoms with Gasteiger partial charge in [-0.05, 0) is 26.3 Å². The molecule has 0 atom stereocenters. The number of benzene rings is 1. The summed E-state index contributed by atoms with van der Waals surface area (Å²) < 4.78 is 14.8. The molecule has 0 bridgehead atoms. The fraction of sp³-hybridized carbons (Fsp3) is 0.421. The van der Waals surface area contributed by atoms with Crippen molar-refractivity contribution in [2.45, 2.75) is 27.3 Å². The molecule has 7 nitrogen and oxygen atoms in total. The first kappa shape index (κ1) is 21.2. The number of hydrogen-bond donors (Lipinski definition) is 0. The zero-order valence-electron chi connectivity index (χ0n) is 15.4. The highest BCUT2D eigenvalue weighted by molar-refractivity contribution is 6.14. The van der Waals surface area contributed by atoms with Gasteiger partial charge in [0.25, 0.3) is 0 Å². The minimum Gasteiger partial charge on any atom is -0.465 e. The summed E-state index contributed by atoms with van der Waals surface area (Å²) in [4.78, 5) is 37.7. The topological polar surface area (TPSA) is 82.1 Å². The Balaban J connectivity index is 3.12. The number of nitrogens with zero attached hydrogens (tertiary/aromatic N) is 1. The van der Waals surface area contributed by atoms with E-state index < -0.39 is 17.9 Å². The lowest BCUT2D eigenvalue weighted by Gasteiger charge is -2.20. The van der Waals surface area contributed by atoms with Gasteiger partial charge in [-0.1, -0.05) is 30.3 Å². The molecule has 0 aliphatic heterocycles. The minimum atomic E-state index is -0.798. The van der Waals surface area contributed by atoms with Crippen molar-refractivity contribution in [3.05, 3.63) is 47.7 Å². The maximum Gasteiger partial charge on any atom is 0.347 e. The first-order valence-electron chi connectivity index (χ1n) is 8.51. The van der Waals surface area contributed by atoms with Crippen LogP contribution in [0, 0.1) is 0 Å². The van der Waals surface area contributed by atoms with Gasteiger partial charge in [-0.25, -0.2) is 9.59 Å². The lowest BCUT2D eigenvalue weighted by molar-refractivity contribution is -0.148. The number of carbonyl (C=O) groups is 3. The van der Waals surface area contributed by atoms with Crippen molar-refractivity contribution in [3.63, 3.8) is 0 Å². The maximum atomic E-state index is 12.1. The molecule has 7 heteroatoms. The molecule has 1 aromatic carbocycles. The lowest BCUT2D eigenvalue weighted by Crippen LogP contribution is -2.29. The Morgan fingerprint density at radius 3 is 1.92 bits per heavy atom. The molecule has 0 saturated carbocycles. The normalized spacial score (nSPS) is 9.81. The summed E-state index contributed by atoms with van der Waals surface area (Å²) in [6.45, 7) is 5.65. The molecule has 0 unspecified atom stereocenters. The van der Waals surface area contributed by atoms with Crippen molar-refractivity contribution in [1.29, 1.82) is 0 Å². The van der Waals surface area contributed by atoms with Crippen molar-refractivity contribution in [2.75, 3.05) is 26.4 Å². The monoisotopic (exact) mass is 363 g/mol. The second-order valence-electron chi connectivity index (χ2n) is 5.18. The molecule has 1 rings (SSSR count). The molecule has 0 fully saturated rings. The van der Waals surface area contributed by atoms with Crippen molar-refractivity contribution in [2.24, 2.45) is 0 Å². The van der Waals surface area contributed by atoms with Gasteiger partial charge in [-0.3, -0.25) is 4.79 Å². The van der Waals surface area contributed by atoms with Gasteiger partial charge in [0.1, 0.15) is 6.54 Å². The summed E-state index contributed by atoms with van der Waals surface area (Å²) >= 11 is 0. The predicted octanol–water partition coefficient (Wildman–Crippen LogP) is 2.06. The summed E-state index contributed by atoms with van der Waals surface area (Å²) in [5.41, 5.74) is 0.633. The maximum absolute atomic E-state index is 12.1. The molecule has 0 saturated heterocycles. The number of hydrogen-bond acceptors (Lipinski definition) is 7. The molecule has 0 aliphatic carbocycles. The van der Waals surface area contributed by atoms with Gasteiger partial charge < -0.3 is 19.1 Å². The molecule has 0 amide bonds. The third kappa shape index (κ3) is 7.38. The highest BCUT2D eigenvalue weighted by Gasteiger charge is 2.23. The standard InChI is InChI=1S/C19H25NO6/c1-4-24-17(21)14-20(12-15-10-8-7-9-11-15)13-16(18(22)25-5-2)19(23)26-6-3/h7-11,13H,4-6,12,14H2,1-3H3. The average Bonchev–Trinajstić information content (AvgIpc) is 2.60. The Kier molecular flexibility index (Phi) is 9.53. The fourth-order valence-corrected chi connectivity index (χ4v) is 2.13. The third-order valence-electron chi connectivity index (χ3n) is 3.17. The fourth-order valence-electron chi connectivity index (χ4n) is 2.13. The molecule has 0 aromatic heterocycles. The molecular weight excluding hydrogens is 338 g/mol. The van der Waals surface area contributed by atoms with Gasteiger partial charge in [0.05, 0.1) is 19.8 Å². The van der Waals surface area contributed by atoms with E-state index in [0.29, 0.717) is 6.54 Å². The Labute approximate surface area is 153 Å². The molecular formula is C19H25NO6. The summed E-state index contributed by atoms with van der Waals surface area (Å²) in [5, 5.41) is 0. The first-order chi connectivity index (χ1) is 12.5. The van der Waals surface area contributed by atoms with E-state index in [1.165, 1.54) is 11.1 Å². The van der Waals surface area contributed by atoms with Gasteiger partial charge >= 0.3 is 17.9 Å². The largest absolute Gasteiger partial charge is 0.465 e. The van der Waals surface area contributed by atoms with Crippen LogP contribution in [0.4, 0.5) is 0 Å². The van der Waals surface area contributed by atoms with Crippen LogP contribution in [0.25, 0.3) is 0 Å². The second kappa shape index (κ2) is 11.7. The number of carbonyl (C=O) groups excluding carboxylic acids is 3. The van der Waals surface area contributed by atoms with Crippen LogP contribution >= 0.6 is 0 Å². The van der Waals surface area contributed by atoms with Gasteiger partial charge in [0.2, 0.25) is 0 Å². The molecule has 0 radical (unpaired) electrons. The van der Waals surface area contributed by atoms with Crippen molar-refractivity contribution in [1.82, 2.24) is 4.90 Å². The van der Waals surface area contributed by atoms with E-state index in [0.717, 1.165) is 5.56 Å². The van der Waals surface area contributed by atoms with Gasteiger partial charge in [0.15, 0.2) is 5.57 Å². The van der Waals surface area contributed by atoms with Crippen LogP contribution in [0.15, 0.2) is 42.1 Å². The highest BCUT2D eigenvalue weighted by atomic mass is 16.6. The van der Waals surface area contributed by atoms with E-state index in [1.54, 1.807) is 20.8 Å². The summed E-state index contributed by atoms with van der Waals surface area (Å²) in [7, 11) is 0. The zero-order chi connectivity index (χ0) is 19.4. The van der Waals surface area contributed by atoms with E-state index in [2.05, 4.69) is 0 Å². The molecule has 0 aliphatic rings. The Morgan fingerprint density at radius 1 is 0.885 bits per heavy atom. The van der Waals surface area contributed by atoms with E-state index in [4.69, 9.17) is 14.2 Å². The Hall–Kier alpha value is -2.83. The van der Waals surface area contributed by atoms with Crippen molar-refractivity contribution >= 4 is 17.9 Å². The van der Waals surface area contributed by atoms with Crippen molar-refractivity contribution < 1.29 is 28.6 Å². The van der Waals surface area contributed by atoms with Crippen LogP contribution in [0.1, 0.15) is 26.3 Å². The molecule has 0 spiro atoms. The Morgan fingerprint density at radius 2 is 1.42 bits per heavy atom. The number of ether oxygens (including phenoxy) is 3. The summed E-state index contributed by atoms with van der Waals surface area (Å²) in [6.07, 6.45) is 1.29. The minimum absolute atomic E-state index is 0.117. The second-order valence-corrected chi connectivity index (χ2v) is 5.18. The average molecular weight is 363 g/mol. The molecule has 142 valence electrons. The predicted molar refractivity (Wildman–Crippen MR) is 94.8 cm³/mol. The van der Waals surface area contributed by atoms with E-state index in [-0.39, 0.29) is 31.9 Å². The smallest absolute Gasteiger partial charge is 0.347 e. The van der Waals surface area contributed by atoms with Gasteiger partial charge in [-0.15, -0.1) is 0 Å². The van der Waals surface area contributed by atoms with Gasteiger partial charge in [-0.2, -0.15) is 0 Å². The van der Waals surface area contributed by atoms with Crippen LogP contribution in [0.2, 0.25) is 0 Å². The lowest BCUT2D eigenvalue weighted by atomic mass is 10.2.